The molecule has 1 saturated heterocycles. The highest BCUT2D eigenvalue weighted by Crippen LogP contribution is 2.35. The van der Waals surface area contributed by atoms with Crippen LogP contribution in [0.25, 0.3) is 0 Å². The largest absolute Gasteiger partial charge is 0.481 e. The van der Waals surface area contributed by atoms with Gasteiger partial charge in [0.25, 0.3) is 0 Å². The number of carbonyl (C=O) groups is 2. The van der Waals surface area contributed by atoms with Crippen LogP contribution in [-0.2, 0) is 9.59 Å². The van der Waals surface area contributed by atoms with Crippen molar-refractivity contribution in [2.45, 2.75) is 12.1 Å². The first-order chi connectivity index (χ1) is 9.70. The van der Waals surface area contributed by atoms with Crippen LogP contribution in [0.2, 0.25) is 0 Å². The van der Waals surface area contributed by atoms with E-state index in [1.807, 2.05) is 0 Å². The van der Waals surface area contributed by atoms with Crippen molar-refractivity contribution in [3.8, 4) is 0 Å². The van der Waals surface area contributed by atoms with E-state index in [-0.39, 0.29) is 5.56 Å². The number of rotatable bonds is 2. The van der Waals surface area contributed by atoms with Crippen molar-refractivity contribution in [1.29, 1.82) is 0 Å². The first-order valence-corrected chi connectivity index (χ1v) is 6.04. The number of amides is 1. The maximum atomic E-state index is 13.2. The summed E-state index contributed by atoms with van der Waals surface area (Å²) in [4.78, 5) is 22.8. The molecule has 4 nitrogen and oxygen atoms in total. The van der Waals surface area contributed by atoms with E-state index in [1.54, 1.807) is 0 Å². The molecule has 0 bridgehead atoms. The lowest BCUT2D eigenvalue weighted by molar-refractivity contribution is -0.184. The number of likely N-dealkylation sites (tertiary alicyclic amines) is 1. The summed E-state index contributed by atoms with van der Waals surface area (Å²) in [7, 11) is 0. The van der Waals surface area contributed by atoms with E-state index in [0.717, 1.165) is 12.1 Å². The Morgan fingerprint density at radius 2 is 1.90 bits per heavy atom. The molecule has 0 spiro atoms. The van der Waals surface area contributed by atoms with Crippen molar-refractivity contribution >= 4 is 11.9 Å². The van der Waals surface area contributed by atoms with Gasteiger partial charge in [0, 0.05) is 19.0 Å². The van der Waals surface area contributed by atoms with Crippen LogP contribution < -0.4 is 0 Å². The van der Waals surface area contributed by atoms with Crippen LogP contribution in [-0.4, -0.2) is 41.1 Å². The lowest BCUT2D eigenvalue weighted by atomic mass is 9.89. The Balaban J connectivity index is 2.28. The second-order valence-corrected chi connectivity index (χ2v) is 4.81. The van der Waals surface area contributed by atoms with Gasteiger partial charge < -0.3 is 10.0 Å². The lowest BCUT2D eigenvalue weighted by Gasteiger charge is -2.17. The monoisotopic (exact) mass is 305 g/mol. The molecule has 0 aliphatic carbocycles. The maximum absolute atomic E-state index is 13.2. The van der Waals surface area contributed by atoms with Gasteiger partial charge >= 0.3 is 18.1 Å². The molecule has 2 rings (SSSR count). The Labute approximate surface area is 117 Å². The van der Waals surface area contributed by atoms with Crippen LogP contribution in [0, 0.1) is 11.7 Å². The molecule has 0 unspecified atom stereocenters. The average molecular weight is 305 g/mol. The van der Waals surface area contributed by atoms with Gasteiger partial charge in [0.2, 0.25) is 0 Å². The summed E-state index contributed by atoms with van der Waals surface area (Å²) < 4.78 is 50.5. The molecule has 0 aromatic heterocycles. The van der Waals surface area contributed by atoms with Crippen molar-refractivity contribution < 1.29 is 32.3 Å². The number of alkyl halides is 3. The van der Waals surface area contributed by atoms with E-state index in [9.17, 15) is 27.2 Å². The summed E-state index contributed by atoms with van der Waals surface area (Å²) in [5, 5.41) is 9.10. The molecule has 1 N–H and O–H groups in total. The molecule has 2 atom stereocenters. The Kier molecular flexibility index (Phi) is 3.89. The quantitative estimate of drug-likeness (QED) is 0.850. The SMILES string of the molecule is O=C(O)[C@@H]1CN(C(=O)C(F)(F)F)C[C@H]1c1cccc(F)c1. The standard InChI is InChI=1S/C13H11F4NO3/c14-8-3-1-2-7(4-8)9-5-18(6-10(9)11(19)20)12(21)13(15,16)17/h1-4,9-10H,5-6H2,(H,19,20)/t9-,10+/m0/s1. The Morgan fingerprint density at radius 3 is 2.43 bits per heavy atom. The molecule has 0 saturated carbocycles. The minimum Gasteiger partial charge on any atom is -0.481 e. The Morgan fingerprint density at radius 1 is 1.24 bits per heavy atom. The third-order valence-corrected chi connectivity index (χ3v) is 3.44. The summed E-state index contributed by atoms with van der Waals surface area (Å²) in [6.07, 6.45) is -5.06. The average Bonchev–Trinajstić information content (AvgIpc) is 2.81. The van der Waals surface area contributed by atoms with E-state index in [0.29, 0.717) is 4.90 Å². The first kappa shape index (κ1) is 15.3. The molecule has 8 heteroatoms. The van der Waals surface area contributed by atoms with E-state index in [4.69, 9.17) is 5.11 Å². The third-order valence-electron chi connectivity index (χ3n) is 3.44. The molecule has 1 aliphatic rings. The summed E-state index contributed by atoms with van der Waals surface area (Å²) in [5.41, 5.74) is 0.264. The van der Waals surface area contributed by atoms with Crippen molar-refractivity contribution in [3.63, 3.8) is 0 Å². The van der Waals surface area contributed by atoms with Crippen molar-refractivity contribution in [2.24, 2.45) is 5.92 Å². The van der Waals surface area contributed by atoms with Crippen LogP contribution in [0.3, 0.4) is 0 Å². The van der Waals surface area contributed by atoms with Gasteiger partial charge in [-0.05, 0) is 17.7 Å². The van der Waals surface area contributed by atoms with Crippen molar-refractivity contribution in [1.82, 2.24) is 4.90 Å². The van der Waals surface area contributed by atoms with Gasteiger partial charge in [-0.2, -0.15) is 13.2 Å². The van der Waals surface area contributed by atoms with Crippen LogP contribution >= 0.6 is 0 Å². The molecule has 1 heterocycles. The second-order valence-electron chi connectivity index (χ2n) is 4.81. The molecule has 0 radical (unpaired) electrons. The number of carbonyl (C=O) groups excluding carboxylic acids is 1. The third kappa shape index (κ3) is 3.14. The van der Waals surface area contributed by atoms with Crippen molar-refractivity contribution in [3.05, 3.63) is 35.6 Å². The zero-order chi connectivity index (χ0) is 15.8. The van der Waals surface area contributed by atoms with Gasteiger partial charge in [0.05, 0.1) is 5.92 Å². The molecule has 1 amide bonds. The molecular formula is C13H11F4NO3. The zero-order valence-electron chi connectivity index (χ0n) is 10.6. The number of aliphatic carboxylic acids is 1. The van der Waals surface area contributed by atoms with Crippen LogP contribution in [0.1, 0.15) is 11.5 Å². The second kappa shape index (κ2) is 5.34. The molecule has 21 heavy (non-hydrogen) atoms. The van der Waals surface area contributed by atoms with Gasteiger partial charge in [-0.15, -0.1) is 0 Å². The fourth-order valence-corrected chi connectivity index (χ4v) is 2.47. The summed E-state index contributed by atoms with van der Waals surface area (Å²) in [6, 6.07) is 5.00. The fraction of sp³-hybridized carbons (Fsp3) is 0.385. The number of halogens is 4. The van der Waals surface area contributed by atoms with E-state index >= 15 is 0 Å². The number of nitrogens with zero attached hydrogens (tertiary/aromatic N) is 1. The number of benzene rings is 1. The summed E-state index contributed by atoms with van der Waals surface area (Å²) in [5.74, 6) is -6.07. The normalized spacial score (nSPS) is 22.4. The Bertz CT molecular complexity index is 573. The molecular weight excluding hydrogens is 294 g/mol. The minimum atomic E-state index is -5.06. The van der Waals surface area contributed by atoms with Gasteiger partial charge in [-0.1, -0.05) is 12.1 Å². The zero-order valence-corrected chi connectivity index (χ0v) is 10.6. The van der Waals surface area contributed by atoms with Crippen LogP contribution in [0.4, 0.5) is 17.6 Å². The van der Waals surface area contributed by atoms with E-state index in [2.05, 4.69) is 0 Å². The Hall–Kier alpha value is -2.12. The van der Waals surface area contributed by atoms with Crippen LogP contribution in [0.15, 0.2) is 24.3 Å². The number of hydrogen-bond acceptors (Lipinski definition) is 2. The number of hydrogen-bond donors (Lipinski definition) is 1. The molecule has 1 fully saturated rings. The van der Waals surface area contributed by atoms with Crippen LogP contribution in [0.5, 0.6) is 0 Å². The predicted molar refractivity (Wildman–Crippen MR) is 62.9 cm³/mol. The van der Waals surface area contributed by atoms with E-state index in [1.165, 1.54) is 12.1 Å². The number of carboxylic acid groups (broad SMARTS) is 1. The highest BCUT2D eigenvalue weighted by Gasteiger charge is 2.48. The fourth-order valence-electron chi connectivity index (χ4n) is 2.47. The minimum absolute atomic E-state index is 0.264. The highest BCUT2D eigenvalue weighted by atomic mass is 19.4. The number of carboxylic acids is 1. The molecule has 1 aliphatic heterocycles. The first-order valence-electron chi connectivity index (χ1n) is 6.04. The van der Waals surface area contributed by atoms with Gasteiger partial charge in [0.15, 0.2) is 0 Å². The summed E-state index contributed by atoms with van der Waals surface area (Å²) >= 11 is 0. The summed E-state index contributed by atoms with van der Waals surface area (Å²) in [6.45, 7) is -0.951. The smallest absolute Gasteiger partial charge is 0.471 e. The topological polar surface area (TPSA) is 57.6 Å². The highest BCUT2D eigenvalue weighted by molar-refractivity contribution is 5.83. The van der Waals surface area contributed by atoms with Crippen molar-refractivity contribution in [2.75, 3.05) is 13.1 Å². The van der Waals surface area contributed by atoms with Gasteiger partial charge in [-0.3, -0.25) is 9.59 Å². The van der Waals surface area contributed by atoms with Gasteiger partial charge in [0.1, 0.15) is 5.82 Å². The van der Waals surface area contributed by atoms with E-state index < -0.39 is 48.8 Å². The van der Waals surface area contributed by atoms with Gasteiger partial charge in [-0.25, -0.2) is 4.39 Å². The molecule has 1 aromatic carbocycles. The molecule has 1 aromatic rings. The predicted octanol–water partition coefficient (Wildman–Crippen LogP) is 2.01. The maximum Gasteiger partial charge on any atom is 0.471 e. The lowest BCUT2D eigenvalue weighted by Crippen LogP contribution is -2.40. The molecule has 114 valence electrons.